The topological polar surface area (TPSA) is 82.5 Å². The second-order valence-electron chi connectivity index (χ2n) is 11.5. The summed E-state index contributed by atoms with van der Waals surface area (Å²) >= 11 is 3.49. The van der Waals surface area contributed by atoms with E-state index in [4.69, 9.17) is 4.98 Å². The smallest absolute Gasteiger partial charge is 0.416 e. The molecule has 2 N–H and O–H groups in total. The number of nitrogens with zero attached hydrogens (tertiary/aromatic N) is 2. The average Bonchev–Trinajstić information content (AvgIpc) is 3.42. The van der Waals surface area contributed by atoms with E-state index in [9.17, 15) is 27.9 Å². The number of hydrogen-bond donors (Lipinski definition) is 2. The van der Waals surface area contributed by atoms with Gasteiger partial charge in [-0.15, -0.1) is 0 Å². The third kappa shape index (κ3) is 7.20. The summed E-state index contributed by atoms with van der Waals surface area (Å²) < 4.78 is 41.9. The Kier molecular flexibility index (Phi) is 9.31. The number of fused-ring (bicyclic) bond motifs is 1. The molecule has 1 unspecified atom stereocenters. The van der Waals surface area contributed by atoms with E-state index in [1.165, 1.54) is 12.1 Å². The number of benzene rings is 2. The quantitative estimate of drug-likeness (QED) is 0.243. The highest BCUT2D eigenvalue weighted by Gasteiger charge is 2.37. The zero-order valence-corrected chi connectivity index (χ0v) is 25.0. The summed E-state index contributed by atoms with van der Waals surface area (Å²) in [5.74, 6) is -0.944. The molecular weight excluding hydrogens is 599 g/mol. The Hall–Kier alpha value is -3.14. The van der Waals surface area contributed by atoms with Crippen LogP contribution in [0.5, 0.6) is 0 Å². The third-order valence-electron chi connectivity index (χ3n) is 8.09. The molecular formula is C31H35BrF3N3O3. The first kappa shape index (κ1) is 30.8. The number of carboxylic acid groups (broad SMARTS) is 1. The molecule has 2 aromatic carbocycles. The standard InChI is InChI=1S/C31H35BrF3N3O3/c1-19-27(23-16-22(32)11-12-25(23)37-28(19)38-14-6-7-15-38)29(41)36-18-21(10-13-26(39)40)30(2,3)17-20-8-4-5-9-24(20)31(33,34)35/h4-5,8-9,11-12,16,21H,6-7,10,13-15,17-18H2,1-3H3,(H,36,41)(H,39,40). The highest BCUT2D eigenvalue weighted by Crippen LogP contribution is 2.39. The highest BCUT2D eigenvalue weighted by atomic mass is 79.9. The van der Waals surface area contributed by atoms with Gasteiger partial charge in [0, 0.05) is 41.5 Å². The first-order valence-electron chi connectivity index (χ1n) is 13.8. The minimum atomic E-state index is -4.50. The van der Waals surface area contributed by atoms with Crippen molar-refractivity contribution in [1.82, 2.24) is 10.3 Å². The fourth-order valence-corrected chi connectivity index (χ4v) is 6.17. The second-order valence-corrected chi connectivity index (χ2v) is 12.4. The van der Waals surface area contributed by atoms with Crippen molar-refractivity contribution in [3.05, 3.63) is 69.2 Å². The molecule has 0 spiro atoms. The number of hydrogen-bond acceptors (Lipinski definition) is 4. The van der Waals surface area contributed by atoms with E-state index >= 15 is 0 Å². The van der Waals surface area contributed by atoms with Crippen molar-refractivity contribution in [3.8, 4) is 0 Å². The van der Waals surface area contributed by atoms with E-state index in [1.807, 2.05) is 39.0 Å². The van der Waals surface area contributed by atoms with Gasteiger partial charge in [0.15, 0.2) is 0 Å². The summed E-state index contributed by atoms with van der Waals surface area (Å²) in [4.78, 5) is 32.4. The van der Waals surface area contributed by atoms with Crippen LogP contribution in [0.1, 0.15) is 66.6 Å². The minimum Gasteiger partial charge on any atom is -0.481 e. The molecule has 0 radical (unpaired) electrons. The molecule has 1 aliphatic heterocycles. The Morgan fingerprint density at radius 3 is 2.46 bits per heavy atom. The predicted octanol–water partition coefficient (Wildman–Crippen LogP) is 7.40. The number of amides is 1. The van der Waals surface area contributed by atoms with Gasteiger partial charge in [-0.2, -0.15) is 13.2 Å². The van der Waals surface area contributed by atoms with E-state index < -0.39 is 29.0 Å². The van der Waals surface area contributed by atoms with E-state index in [1.54, 1.807) is 6.07 Å². The van der Waals surface area contributed by atoms with Gasteiger partial charge in [0.05, 0.1) is 16.6 Å². The van der Waals surface area contributed by atoms with Gasteiger partial charge in [0.25, 0.3) is 5.91 Å². The molecule has 4 rings (SSSR count). The van der Waals surface area contributed by atoms with E-state index in [2.05, 4.69) is 26.1 Å². The number of pyridine rings is 1. The molecule has 1 atom stereocenters. The van der Waals surface area contributed by atoms with Crippen LogP contribution in [-0.4, -0.2) is 41.6 Å². The van der Waals surface area contributed by atoms with Crippen LogP contribution in [0, 0.1) is 18.3 Å². The Labute approximate surface area is 246 Å². The van der Waals surface area contributed by atoms with Crippen LogP contribution in [0.15, 0.2) is 46.9 Å². The van der Waals surface area contributed by atoms with Crippen LogP contribution >= 0.6 is 15.9 Å². The van der Waals surface area contributed by atoms with Gasteiger partial charge in [-0.05, 0) is 73.8 Å². The van der Waals surface area contributed by atoms with Crippen molar-refractivity contribution in [2.45, 2.75) is 59.1 Å². The number of aromatic nitrogens is 1. The summed E-state index contributed by atoms with van der Waals surface area (Å²) in [6.45, 7) is 7.38. The Bertz CT molecular complexity index is 1440. The van der Waals surface area contributed by atoms with E-state index in [-0.39, 0.29) is 37.3 Å². The maximum atomic E-state index is 13.8. The van der Waals surface area contributed by atoms with Crippen molar-refractivity contribution < 1.29 is 27.9 Å². The predicted molar refractivity (Wildman–Crippen MR) is 157 cm³/mol. The number of alkyl halides is 3. The fraction of sp³-hybridized carbons (Fsp3) is 0.452. The maximum absolute atomic E-state index is 13.8. The number of aliphatic carboxylic acids is 1. The molecule has 3 aromatic rings. The number of carbonyl (C=O) groups excluding carboxylic acids is 1. The lowest BCUT2D eigenvalue weighted by molar-refractivity contribution is -0.138. The fourth-order valence-electron chi connectivity index (χ4n) is 5.80. The van der Waals surface area contributed by atoms with Crippen molar-refractivity contribution in [1.29, 1.82) is 0 Å². The molecule has 1 fully saturated rings. The molecule has 0 bridgehead atoms. The molecule has 2 heterocycles. The summed E-state index contributed by atoms with van der Waals surface area (Å²) in [7, 11) is 0. The van der Waals surface area contributed by atoms with Crippen LogP contribution in [-0.2, 0) is 17.4 Å². The number of carboxylic acids is 1. The van der Waals surface area contributed by atoms with Crippen LogP contribution in [0.2, 0.25) is 0 Å². The summed E-state index contributed by atoms with van der Waals surface area (Å²) in [6.07, 6.45) is -2.27. The lowest BCUT2D eigenvalue weighted by Crippen LogP contribution is -2.38. The molecule has 1 aromatic heterocycles. The molecule has 1 aliphatic rings. The van der Waals surface area contributed by atoms with Gasteiger partial charge in [-0.1, -0.05) is 48.0 Å². The molecule has 0 aliphatic carbocycles. The number of carbonyl (C=O) groups is 2. The SMILES string of the molecule is Cc1c(N2CCCC2)nc2ccc(Br)cc2c1C(=O)NCC(CCC(=O)O)C(C)(C)Cc1ccccc1C(F)(F)F. The molecule has 1 saturated heterocycles. The molecule has 6 nitrogen and oxygen atoms in total. The van der Waals surface area contributed by atoms with E-state index in [0.29, 0.717) is 16.5 Å². The van der Waals surface area contributed by atoms with Gasteiger partial charge in [0.2, 0.25) is 0 Å². The van der Waals surface area contributed by atoms with Gasteiger partial charge in [0.1, 0.15) is 5.82 Å². The van der Waals surface area contributed by atoms with Gasteiger partial charge >= 0.3 is 12.1 Å². The number of halogens is 4. The largest absolute Gasteiger partial charge is 0.481 e. The minimum absolute atomic E-state index is 0.0755. The zero-order valence-electron chi connectivity index (χ0n) is 23.4. The number of rotatable bonds is 10. The lowest BCUT2D eigenvalue weighted by atomic mass is 9.71. The van der Waals surface area contributed by atoms with Gasteiger partial charge in [-0.25, -0.2) is 4.98 Å². The summed E-state index contributed by atoms with van der Waals surface area (Å²) in [5.41, 5.74) is 0.646. The third-order valence-corrected chi connectivity index (χ3v) is 8.58. The van der Waals surface area contributed by atoms with Crippen molar-refractivity contribution in [2.24, 2.45) is 11.3 Å². The highest BCUT2D eigenvalue weighted by molar-refractivity contribution is 9.10. The monoisotopic (exact) mass is 633 g/mol. The Morgan fingerprint density at radius 1 is 1.12 bits per heavy atom. The van der Waals surface area contributed by atoms with Gasteiger partial charge < -0.3 is 15.3 Å². The second kappa shape index (κ2) is 12.4. The molecule has 10 heteroatoms. The van der Waals surface area contributed by atoms with Crippen LogP contribution in [0.4, 0.5) is 19.0 Å². The first-order valence-corrected chi connectivity index (χ1v) is 14.6. The molecule has 220 valence electrons. The Balaban J connectivity index is 1.64. The number of anilines is 1. The summed E-state index contributed by atoms with van der Waals surface area (Å²) in [6, 6.07) is 11.1. The van der Waals surface area contributed by atoms with E-state index in [0.717, 1.165) is 47.9 Å². The lowest BCUT2D eigenvalue weighted by Gasteiger charge is -2.35. The van der Waals surface area contributed by atoms with Gasteiger partial charge in [-0.3, -0.25) is 9.59 Å². The zero-order chi connectivity index (χ0) is 29.9. The first-order chi connectivity index (χ1) is 19.3. The Morgan fingerprint density at radius 2 is 1.80 bits per heavy atom. The molecule has 1 amide bonds. The molecule has 0 saturated carbocycles. The van der Waals surface area contributed by atoms with Crippen LogP contribution in [0.25, 0.3) is 10.9 Å². The molecule has 41 heavy (non-hydrogen) atoms. The number of nitrogens with one attached hydrogen (secondary N) is 1. The normalized spacial score (nSPS) is 14.9. The van der Waals surface area contributed by atoms with Crippen LogP contribution in [0.3, 0.4) is 0 Å². The average molecular weight is 635 g/mol. The van der Waals surface area contributed by atoms with Crippen molar-refractivity contribution in [3.63, 3.8) is 0 Å². The maximum Gasteiger partial charge on any atom is 0.416 e. The summed E-state index contributed by atoms with van der Waals surface area (Å²) in [5, 5.41) is 13.1. The van der Waals surface area contributed by atoms with Crippen molar-refractivity contribution in [2.75, 3.05) is 24.5 Å². The van der Waals surface area contributed by atoms with Crippen LogP contribution < -0.4 is 10.2 Å². The van der Waals surface area contributed by atoms with Crippen molar-refractivity contribution >= 4 is 44.5 Å².